The third-order valence-electron chi connectivity index (χ3n) is 8.86. The van der Waals surface area contributed by atoms with Gasteiger partial charge in [0.25, 0.3) is 0 Å². The predicted molar refractivity (Wildman–Crippen MR) is 136 cm³/mol. The fraction of sp³-hybridized carbons (Fsp3) is 0.962. The average molecular weight is 531 g/mol. The number of nitrogens with zero attached hydrogens (tertiary/aromatic N) is 1. The summed E-state index contributed by atoms with van der Waals surface area (Å²) in [4.78, 5) is 13.2. The molecule has 0 bridgehead atoms. The van der Waals surface area contributed by atoms with Gasteiger partial charge < -0.3 is 24.3 Å². The molecular formula is C26H46N2O7S. The Morgan fingerprint density at radius 2 is 1.58 bits per heavy atom. The van der Waals surface area contributed by atoms with Crippen molar-refractivity contribution in [2.75, 3.05) is 27.9 Å². The molecule has 0 aromatic heterocycles. The Morgan fingerprint density at radius 1 is 0.889 bits per heavy atom. The van der Waals surface area contributed by atoms with Crippen molar-refractivity contribution in [2.24, 2.45) is 5.92 Å². The molecule has 0 aromatic rings. The van der Waals surface area contributed by atoms with Crippen LogP contribution >= 0.6 is 0 Å². The van der Waals surface area contributed by atoms with Gasteiger partial charge in [0.1, 0.15) is 0 Å². The summed E-state index contributed by atoms with van der Waals surface area (Å²) in [5, 5.41) is 2.74. The van der Waals surface area contributed by atoms with Crippen molar-refractivity contribution in [3.8, 4) is 0 Å². The van der Waals surface area contributed by atoms with E-state index in [-0.39, 0.29) is 48.3 Å². The van der Waals surface area contributed by atoms with Crippen LogP contribution in [0.1, 0.15) is 78.1 Å². The van der Waals surface area contributed by atoms with Crippen LogP contribution in [0.4, 0.5) is 0 Å². The lowest BCUT2D eigenvalue weighted by molar-refractivity contribution is -0.158. The molecule has 36 heavy (non-hydrogen) atoms. The molecule has 8 unspecified atom stereocenters. The SMILES string of the molecule is COC1CCC(S(=O)(=O)N2CC(C)(C)OC3CCC(NC(=O)C4CCCCC4OC)CC32)CC1OC. The van der Waals surface area contributed by atoms with Gasteiger partial charge in [-0.05, 0) is 65.2 Å². The van der Waals surface area contributed by atoms with E-state index in [0.717, 1.165) is 38.5 Å². The van der Waals surface area contributed by atoms with E-state index in [0.29, 0.717) is 32.2 Å². The van der Waals surface area contributed by atoms with Crippen LogP contribution in [0.15, 0.2) is 0 Å². The van der Waals surface area contributed by atoms with Crippen molar-refractivity contribution in [3.05, 3.63) is 0 Å². The quantitative estimate of drug-likeness (QED) is 0.540. The van der Waals surface area contributed by atoms with E-state index < -0.39 is 20.9 Å². The Labute approximate surface area is 217 Å². The van der Waals surface area contributed by atoms with Crippen LogP contribution in [0, 0.1) is 5.92 Å². The topological polar surface area (TPSA) is 103 Å². The molecule has 4 rings (SSSR count). The summed E-state index contributed by atoms with van der Waals surface area (Å²) in [5.74, 6) is -0.0953. The molecule has 1 aliphatic heterocycles. The second-order valence-electron chi connectivity index (χ2n) is 11.7. The Balaban J connectivity index is 1.49. The Hall–Kier alpha value is -0.780. The first kappa shape index (κ1) is 28.2. The number of rotatable bonds is 7. The molecule has 0 spiro atoms. The molecule has 4 fully saturated rings. The van der Waals surface area contributed by atoms with Crippen molar-refractivity contribution >= 4 is 15.9 Å². The average Bonchev–Trinajstić information content (AvgIpc) is 2.87. The number of sulfonamides is 1. The number of amides is 1. The standard InChI is InChI=1S/C26H46N2O7S/c1-26(2)16-28(36(30,31)18-11-13-23(33-4)24(15-18)34-5)20-14-17(10-12-22(20)35-26)27-25(29)19-8-6-7-9-21(19)32-3/h17-24H,6-16H2,1-5H3,(H,27,29). The number of hydrogen-bond donors (Lipinski definition) is 1. The second kappa shape index (κ2) is 11.5. The highest BCUT2D eigenvalue weighted by Gasteiger charge is 2.51. The smallest absolute Gasteiger partial charge is 0.225 e. The van der Waals surface area contributed by atoms with Crippen molar-refractivity contribution in [1.82, 2.24) is 9.62 Å². The highest BCUT2D eigenvalue weighted by molar-refractivity contribution is 7.89. The third kappa shape index (κ3) is 5.94. The minimum absolute atomic E-state index is 0.0392. The maximum absolute atomic E-state index is 14.1. The van der Waals surface area contributed by atoms with E-state index in [4.69, 9.17) is 18.9 Å². The lowest BCUT2D eigenvalue weighted by Crippen LogP contribution is -2.65. The van der Waals surface area contributed by atoms with Crippen LogP contribution in [0.2, 0.25) is 0 Å². The summed E-state index contributed by atoms with van der Waals surface area (Å²) < 4.78 is 53.0. The van der Waals surface area contributed by atoms with Crippen molar-refractivity contribution in [1.29, 1.82) is 0 Å². The van der Waals surface area contributed by atoms with Crippen molar-refractivity contribution in [3.63, 3.8) is 0 Å². The first-order chi connectivity index (χ1) is 17.1. The van der Waals surface area contributed by atoms with Crippen LogP contribution in [0.5, 0.6) is 0 Å². The molecule has 1 heterocycles. The van der Waals surface area contributed by atoms with Gasteiger partial charge in [-0.25, -0.2) is 8.42 Å². The van der Waals surface area contributed by atoms with E-state index >= 15 is 0 Å². The summed E-state index contributed by atoms with van der Waals surface area (Å²) >= 11 is 0. The summed E-state index contributed by atoms with van der Waals surface area (Å²) in [6, 6.07) is -0.357. The van der Waals surface area contributed by atoms with Gasteiger partial charge in [-0.1, -0.05) is 12.8 Å². The van der Waals surface area contributed by atoms with Crippen LogP contribution < -0.4 is 5.32 Å². The Morgan fingerprint density at radius 3 is 2.28 bits per heavy atom. The zero-order chi connectivity index (χ0) is 26.1. The highest BCUT2D eigenvalue weighted by atomic mass is 32.2. The second-order valence-corrected chi connectivity index (χ2v) is 13.9. The molecule has 3 aliphatic carbocycles. The van der Waals surface area contributed by atoms with E-state index in [9.17, 15) is 13.2 Å². The summed E-state index contributed by atoms with van der Waals surface area (Å²) in [6.45, 7) is 4.24. The fourth-order valence-corrected chi connectivity index (χ4v) is 9.28. The van der Waals surface area contributed by atoms with Gasteiger partial charge in [-0.15, -0.1) is 0 Å². The van der Waals surface area contributed by atoms with Gasteiger partial charge in [-0.3, -0.25) is 4.79 Å². The zero-order valence-corrected chi connectivity index (χ0v) is 23.4. The van der Waals surface area contributed by atoms with Crippen molar-refractivity contribution in [2.45, 2.75) is 125 Å². The number of morpholine rings is 1. The van der Waals surface area contributed by atoms with Crippen molar-refractivity contribution < 1.29 is 32.2 Å². The first-order valence-electron chi connectivity index (χ1n) is 13.7. The zero-order valence-electron chi connectivity index (χ0n) is 22.6. The molecule has 9 nitrogen and oxygen atoms in total. The van der Waals surface area contributed by atoms with E-state index in [1.165, 1.54) is 0 Å². The molecule has 3 saturated carbocycles. The number of fused-ring (bicyclic) bond motifs is 1. The highest BCUT2D eigenvalue weighted by Crippen LogP contribution is 2.39. The lowest BCUT2D eigenvalue weighted by atomic mass is 9.83. The van der Waals surface area contributed by atoms with Gasteiger partial charge in [0.05, 0.1) is 47.2 Å². The maximum Gasteiger partial charge on any atom is 0.225 e. The summed E-state index contributed by atoms with van der Waals surface area (Å²) in [6.07, 6.45) is 7.04. The van der Waals surface area contributed by atoms with Gasteiger partial charge in [0.15, 0.2) is 0 Å². The van der Waals surface area contributed by atoms with Crippen LogP contribution in [-0.4, -0.2) is 93.9 Å². The fourth-order valence-electron chi connectivity index (χ4n) is 6.94. The Bertz CT molecular complexity index is 866. The molecule has 0 radical (unpaired) electrons. The van der Waals surface area contributed by atoms with Crippen LogP contribution in [0.3, 0.4) is 0 Å². The van der Waals surface area contributed by atoms with E-state index in [1.54, 1.807) is 25.6 Å². The monoisotopic (exact) mass is 530 g/mol. The number of ether oxygens (including phenoxy) is 4. The van der Waals surface area contributed by atoms with Gasteiger partial charge in [0.2, 0.25) is 15.9 Å². The van der Waals surface area contributed by atoms with E-state index in [1.807, 2.05) is 13.8 Å². The molecule has 8 atom stereocenters. The summed E-state index contributed by atoms with van der Waals surface area (Å²) in [7, 11) is 1.35. The molecule has 208 valence electrons. The molecular weight excluding hydrogens is 484 g/mol. The number of carbonyl (C=O) groups excluding carboxylic acids is 1. The number of nitrogens with one attached hydrogen (secondary N) is 1. The minimum Gasteiger partial charge on any atom is -0.381 e. The molecule has 0 aromatic carbocycles. The largest absolute Gasteiger partial charge is 0.381 e. The number of hydrogen-bond acceptors (Lipinski definition) is 7. The van der Waals surface area contributed by atoms with Gasteiger partial charge >= 0.3 is 0 Å². The minimum atomic E-state index is -3.60. The Kier molecular flexibility index (Phi) is 9.05. The third-order valence-corrected chi connectivity index (χ3v) is 11.2. The molecule has 1 N–H and O–H groups in total. The first-order valence-corrected chi connectivity index (χ1v) is 15.2. The van der Waals surface area contributed by atoms with Crippen LogP contribution in [0.25, 0.3) is 0 Å². The maximum atomic E-state index is 14.1. The van der Waals surface area contributed by atoms with Gasteiger partial charge in [0, 0.05) is 33.9 Å². The predicted octanol–water partition coefficient (Wildman–Crippen LogP) is 2.62. The normalized spacial score (nSPS) is 39.8. The molecule has 1 saturated heterocycles. The number of methoxy groups -OCH3 is 3. The number of carbonyl (C=O) groups is 1. The summed E-state index contributed by atoms with van der Waals surface area (Å²) in [5.41, 5.74) is -0.567. The lowest BCUT2D eigenvalue weighted by Gasteiger charge is -2.52. The molecule has 10 heteroatoms. The van der Waals surface area contributed by atoms with Crippen LogP contribution in [-0.2, 0) is 33.8 Å². The van der Waals surface area contributed by atoms with E-state index in [2.05, 4.69) is 5.32 Å². The van der Waals surface area contributed by atoms with Gasteiger partial charge in [-0.2, -0.15) is 4.31 Å². The molecule has 4 aliphatic rings. The molecule has 1 amide bonds.